The van der Waals surface area contributed by atoms with E-state index in [-0.39, 0.29) is 16.1 Å². The minimum atomic E-state index is -3.48. The van der Waals surface area contributed by atoms with Crippen LogP contribution in [0.25, 0.3) is 0 Å². The first-order valence-corrected chi connectivity index (χ1v) is 7.84. The first-order chi connectivity index (χ1) is 8.88. The highest BCUT2D eigenvalue weighted by molar-refractivity contribution is 7.90. The molecule has 0 atom stereocenters. The zero-order valence-electron chi connectivity index (χ0n) is 9.45. The van der Waals surface area contributed by atoms with Gasteiger partial charge in [0, 0.05) is 12.3 Å². The van der Waals surface area contributed by atoms with Gasteiger partial charge in [-0.3, -0.25) is 0 Å². The van der Waals surface area contributed by atoms with Gasteiger partial charge in [-0.2, -0.15) is 5.26 Å². The van der Waals surface area contributed by atoms with E-state index in [0.29, 0.717) is 10.0 Å². The monoisotopic (exact) mass is 315 g/mol. The maximum absolute atomic E-state index is 11.4. The third-order valence-corrected chi connectivity index (χ3v) is 3.86. The number of nitrogens with one attached hydrogen (secondary N) is 1. The van der Waals surface area contributed by atoms with Crippen molar-refractivity contribution in [3.8, 4) is 6.07 Å². The number of anilines is 2. The standard InChI is InChI=1S/C9H6ClN5O2S2/c1-19(16,17)7-2-6(13-8(10)15-7)14-9-12-4-5(3-11)18-9/h2,4H,1H3,(H,12,13,14,15). The van der Waals surface area contributed by atoms with Crippen molar-refractivity contribution in [2.45, 2.75) is 5.03 Å². The number of thiazole rings is 1. The molecule has 10 heteroatoms. The molecule has 0 aliphatic heterocycles. The normalized spacial score (nSPS) is 11.0. The molecule has 0 amide bonds. The van der Waals surface area contributed by atoms with Crippen molar-refractivity contribution in [3.05, 3.63) is 22.4 Å². The molecule has 19 heavy (non-hydrogen) atoms. The summed E-state index contributed by atoms with van der Waals surface area (Å²) in [4.78, 5) is 11.8. The lowest BCUT2D eigenvalue weighted by atomic mass is 10.6. The molecule has 2 heterocycles. The summed E-state index contributed by atoms with van der Waals surface area (Å²) >= 11 is 6.77. The number of hydrogen-bond donors (Lipinski definition) is 1. The molecule has 98 valence electrons. The maximum atomic E-state index is 11.4. The van der Waals surface area contributed by atoms with Gasteiger partial charge in [0.2, 0.25) is 5.28 Å². The van der Waals surface area contributed by atoms with Crippen LogP contribution in [-0.2, 0) is 9.84 Å². The molecule has 0 radical (unpaired) electrons. The summed E-state index contributed by atoms with van der Waals surface area (Å²) < 4.78 is 22.8. The van der Waals surface area contributed by atoms with Crippen molar-refractivity contribution in [2.75, 3.05) is 11.6 Å². The number of aromatic nitrogens is 3. The van der Waals surface area contributed by atoms with Crippen molar-refractivity contribution in [2.24, 2.45) is 0 Å². The second-order valence-electron chi connectivity index (χ2n) is 3.40. The van der Waals surface area contributed by atoms with Crippen LogP contribution in [0.5, 0.6) is 0 Å². The molecule has 0 bridgehead atoms. The van der Waals surface area contributed by atoms with Gasteiger partial charge in [0.25, 0.3) is 0 Å². The van der Waals surface area contributed by atoms with Crippen LogP contribution in [0.3, 0.4) is 0 Å². The van der Waals surface area contributed by atoms with E-state index in [1.807, 2.05) is 6.07 Å². The van der Waals surface area contributed by atoms with E-state index in [9.17, 15) is 8.42 Å². The van der Waals surface area contributed by atoms with Crippen LogP contribution in [0.15, 0.2) is 17.3 Å². The van der Waals surface area contributed by atoms with E-state index in [2.05, 4.69) is 20.3 Å². The lowest BCUT2D eigenvalue weighted by Gasteiger charge is -2.04. The number of halogens is 1. The second-order valence-corrected chi connectivity index (χ2v) is 6.73. The molecule has 0 saturated carbocycles. The van der Waals surface area contributed by atoms with Gasteiger partial charge in [-0.1, -0.05) is 11.3 Å². The third kappa shape index (κ3) is 3.37. The lowest BCUT2D eigenvalue weighted by molar-refractivity contribution is 0.598. The van der Waals surface area contributed by atoms with E-state index in [4.69, 9.17) is 16.9 Å². The topological polar surface area (TPSA) is 109 Å². The Hall–Kier alpha value is -1.76. The Balaban J connectivity index is 2.36. The second kappa shape index (κ2) is 5.08. The van der Waals surface area contributed by atoms with E-state index in [1.54, 1.807) is 0 Å². The Morgan fingerprint density at radius 2 is 2.21 bits per heavy atom. The van der Waals surface area contributed by atoms with Crippen LogP contribution in [0.4, 0.5) is 10.9 Å². The summed E-state index contributed by atoms with van der Waals surface area (Å²) in [6, 6.07) is 3.19. The summed E-state index contributed by atoms with van der Waals surface area (Å²) in [6.07, 6.45) is 2.42. The van der Waals surface area contributed by atoms with Crippen LogP contribution in [0.1, 0.15) is 4.88 Å². The molecule has 0 saturated heterocycles. The SMILES string of the molecule is CS(=O)(=O)c1cc(Nc2ncc(C#N)s2)nc(Cl)n1. The molecule has 0 fully saturated rings. The molecule has 2 rings (SSSR count). The lowest BCUT2D eigenvalue weighted by Crippen LogP contribution is -2.04. The average Bonchev–Trinajstić information content (AvgIpc) is 2.75. The van der Waals surface area contributed by atoms with Gasteiger partial charge in [-0.05, 0) is 11.6 Å². The van der Waals surface area contributed by atoms with Crippen LogP contribution in [0.2, 0.25) is 5.28 Å². The van der Waals surface area contributed by atoms with Gasteiger partial charge in [0.1, 0.15) is 16.8 Å². The molecule has 0 aliphatic rings. The zero-order valence-corrected chi connectivity index (χ0v) is 11.8. The Labute approximate surface area is 117 Å². The highest BCUT2D eigenvalue weighted by atomic mass is 35.5. The molecule has 7 nitrogen and oxygen atoms in total. The zero-order chi connectivity index (χ0) is 14.0. The van der Waals surface area contributed by atoms with Crippen LogP contribution in [0, 0.1) is 11.3 Å². The minimum Gasteiger partial charge on any atom is -0.316 e. The highest BCUT2D eigenvalue weighted by Crippen LogP contribution is 2.22. The number of rotatable bonds is 3. The largest absolute Gasteiger partial charge is 0.316 e. The number of nitriles is 1. The van der Waals surface area contributed by atoms with Crippen LogP contribution in [-0.4, -0.2) is 29.6 Å². The molecular formula is C9H6ClN5O2S2. The molecule has 2 aromatic rings. The van der Waals surface area contributed by atoms with Crippen molar-refractivity contribution >= 4 is 43.7 Å². The van der Waals surface area contributed by atoms with Crippen molar-refractivity contribution in [1.29, 1.82) is 5.26 Å². The molecule has 0 spiro atoms. The molecule has 1 N–H and O–H groups in total. The fourth-order valence-electron chi connectivity index (χ4n) is 1.14. The summed E-state index contributed by atoms with van der Waals surface area (Å²) in [6.45, 7) is 0. The predicted molar refractivity (Wildman–Crippen MR) is 70.3 cm³/mol. The fraction of sp³-hybridized carbons (Fsp3) is 0.111. The van der Waals surface area contributed by atoms with Gasteiger partial charge in [0.15, 0.2) is 20.0 Å². The average molecular weight is 316 g/mol. The summed E-state index contributed by atoms with van der Waals surface area (Å²) in [5.74, 6) is 0.194. The van der Waals surface area contributed by atoms with Crippen molar-refractivity contribution < 1.29 is 8.42 Å². The van der Waals surface area contributed by atoms with Crippen LogP contribution >= 0.6 is 22.9 Å². The van der Waals surface area contributed by atoms with Gasteiger partial charge >= 0.3 is 0 Å². The van der Waals surface area contributed by atoms with Gasteiger partial charge in [-0.15, -0.1) is 0 Å². The molecule has 0 aromatic carbocycles. The Bertz CT molecular complexity index is 765. The number of nitrogens with zero attached hydrogens (tertiary/aromatic N) is 4. The van der Waals surface area contributed by atoms with Gasteiger partial charge < -0.3 is 5.32 Å². The quantitative estimate of drug-likeness (QED) is 0.676. The fourth-order valence-corrected chi connectivity index (χ4v) is 2.57. The van der Waals surface area contributed by atoms with Crippen molar-refractivity contribution in [3.63, 3.8) is 0 Å². The van der Waals surface area contributed by atoms with E-state index < -0.39 is 9.84 Å². The minimum absolute atomic E-state index is 0.188. The predicted octanol–water partition coefficient (Wildman–Crippen LogP) is 1.61. The first kappa shape index (κ1) is 13.7. The maximum Gasteiger partial charge on any atom is 0.225 e. The summed E-state index contributed by atoms with van der Waals surface area (Å²) in [7, 11) is -3.48. The Kier molecular flexibility index (Phi) is 3.66. The molecule has 0 aliphatic carbocycles. The van der Waals surface area contributed by atoms with E-state index in [1.165, 1.54) is 12.3 Å². The van der Waals surface area contributed by atoms with E-state index in [0.717, 1.165) is 17.6 Å². The highest BCUT2D eigenvalue weighted by Gasteiger charge is 2.13. The Morgan fingerprint density at radius 3 is 2.79 bits per heavy atom. The summed E-state index contributed by atoms with van der Waals surface area (Å²) in [5.41, 5.74) is 0. The Morgan fingerprint density at radius 1 is 1.47 bits per heavy atom. The number of hydrogen-bond acceptors (Lipinski definition) is 8. The molecular weight excluding hydrogens is 310 g/mol. The third-order valence-electron chi connectivity index (χ3n) is 1.91. The van der Waals surface area contributed by atoms with Crippen LogP contribution < -0.4 is 5.32 Å². The molecule has 0 unspecified atom stereocenters. The van der Waals surface area contributed by atoms with Crippen molar-refractivity contribution in [1.82, 2.24) is 15.0 Å². The van der Waals surface area contributed by atoms with Gasteiger partial charge in [-0.25, -0.2) is 23.4 Å². The van der Waals surface area contributed by atoms with Gasteiger partial charge in [0.05, 0.1) is 6.20 Å². The number of sulfone groups is 1. The first-order valence-electron chi connectivity index (χ1n) is 4.76. The molecule has 2 aromatic heterocycles. The summed E-state index contributed by atoms with van der Waals surface area (Å²) in [5, 5.41) is 11.5. The van der Waals surface area contributed by atoms with E-state index >= 15 is 0 Å². The smallest absolute Gasteiger partial charge is 0.225 e.